The van der Waals surface area contributed by atoms with E-state index in [0.29, 0.717) is 0 Å². The van der Waals surface area contributed by atoms with Gasteiger partial charge in [0.05, 0.1) is 11.0 Å². The summed E-state index contributed by atoms with van der Waals surface area (Å²) in [5.74, 6) is 3.53. The lowest BCUT2D eigenvalue weighted by Gasteiger charge is -2.57. The Morgan fingerprint density at radius 3 is 2.36 bits per heavy atom. The molecule has 116 valence electrons. The van der Waals surface area contributed by atoms with Gasteiger partial charge in [-0.1, -0.05) is 13.0 Å². The predicted molar refractivity (Wildman–Crippen MR) is 89.7 cm³/mol. The third kappa shape index (κ3) is 1.65. The quantitative estimate of drug-likeness (QED) is 0.906. The van der Waals surface area contributed by atoms with Crippen molar-refractivity contribution in [3.05, 3.63) is 23.8 Å². The van der Waals surface area contributed by atoms with Crippen molar-refractivity contribution in [2.75, 3.05) is 5.73 Å². The highest BCUT2D eigenvalue weighted by Crippen LogP contribution is 2.59. The zero-order valence-corrected chi connectivity index (χ0v) is 13.4. The van der Waals surface area contributed by atoms with Crippen LogP contribution in [0.2, 0.25) is 0 Å². The first-order valence-corrected chi connectivity index (χ1v) is 8.94. The van der Waals surface area contributed by atoms with Gasteiger partial charge in [-0.3, -0.25) is 0 Å². The minimum absolute atomic E-state index is 0.264. The lowest BCUT2D eigenvalue weighted by molar-refractivity contribution is -0.0398. The number of imidazole rings is 1. The van der Waals surface area contributed by atoms with Gasteiger partial charge in [0.2, 0.25) is 5.95 Å². The monoisotopic (exact) mass is 295 g/mol. The molecule has 1 aromatic carbocycles. The Hall–Kier alpha value is -1.51. The summed E-state index contributed by atoms with van der Waals surface area (Å²) in [5, 5.41) is 0. The van der Waals surface area contributed by atoms with Gasteiger partial charge >= 0.3 is 0 Å². The summed E-state index contributed by atoms with van der Waals surface area (Å²) in [7, 11) is 0. The number of nitrogens with zero attached hydrogens (tertiary/aromatic N) is 2. The summed E-state index contributed by atoms with van der Waals surface area (Å²) in [4.78, 5) is 4.69. The molecule has 0 spiro atoms. The van der Waals surface area contributed by atoms with Crippen molar-refractivity contribution in [3.63, 3.8) is 0 Å². The van der Waals surface area contributed by atoms with E-state index in [1.807, 2.05) is 0 Å². The fourth-order valence-electron chi connectivity index (χ4n) is 6.20. The molecule has 4 saturated carbocycles. The van der Waals surface area contributed by atoms with Crippen LogP contribution in [0.25, 0.3) is 11.0 Å². The summed E-state index contributed by atoms with van der Waals surface area (Å²) in [5.41, 5.74) is 10.4. The van der Waals surface area contributed by atoms with Crippen molar-refractivity contribution < 1.29 is 0 Å². The second-order valence-corrected chi connectivity index (χ2v) is 8.12. The average molecular weight is 295 g/mol. The second-order valence-electron chi connectivity index (χ2n) is 8.12. The third-order valence-electron chi connectivity index (χ3n) is 6.63. The maximum absolute atomic E-state index is 6.42. The van der Waals surface area contributed by atoms with E-state index in [1.54, 1.807) is 0 Å². The van der Waals surface area contributed by atoms with Gasteiger partial charge in [-0.25, -0.2) is 4.98 Å². The van der Waals surface area contributed by atoms with Crippen LogP contribution in [0.4, 0.5) is 5.95 Å². The van der Waals surface area contributed by atoms with Crippen molar-refractivity contribution in [2.45, 2.75) is 57.4 Å². The Kier molecular flexibility index (Phi) is 2.52. The molecular formula is C19H25N3. The molecule has 3 heteroatoms. The molecule has 1 aromatic heterocycles. The highest BCUT2D eigenvalue weighted by molar-refractivity contribution is 5.79. The van der Waals surface area contributed by atoms with Crippen LogP contribution in [-0.4, -0.2) is 9.55 Å². The number of aryl methyl sites for hydroxylation is 1. The molecule has 0 amide bonds. The maximum Gasteiger partial charge on any atom is 0.201 e. The Morgan fingerprint density at radius 2 is 1.77 bits per heavy atom. The van der Waals surface area contributed by atoms with Gasteiger partial charge < -0.3 is 10.3 Å². The first-order chi connectivity index (χ1) is 10.7. The molecule has 3 nitrogen and oxygen atoms in total. The van der Waals surface area contributed by atoms with E-state index >= 15 is 0 Å². The number of fused-ring (bicyclic) bond motifs is 1. The molecule has 2 N–H and O–H groups in total. The molecule has 2 aromatic rings. The van der Waals surface area contributed by atoms with Gasteiger partial charge in [-0.15, -0.1) is 0 Å². The first kappa shape index (κ1) is 13.0. The fourth-order valence-corrected chi connectivity index (χ4v) is 6.20. The molecule has 4 bridgehead atoms. The highest BCUT2D eigenvalue weighted by atomic mass is 15.2. The lowest BCUT2D eigenvalue weighted by Crippen LogP contribution is -2.52. The number of rotatable bonds is 2. The molecule has 22 heavy (non-hydrogen) atoms. The van der Waals surface area contributed by atoms with E-state index in [9.17, 15) is 0 Å². The maximum atomic E-state index is 6.42. The van der Waals surface area contributed by atoms with E-state index in [4.69, 9.17) is 5.73 Å². The Labute approximate surface area is 131 Å². The number of benzene rings is 1. The van der Waals surface area contributed by atoms with Crippen LogP contribution >= 0.6 is 0 Å². The molecule has 0 atom stereocenters. The molecular weight excluding hydrogens is 270 g/mol. The smallest absolute Gasteiger partial charge is 0.201 e. The topological polar surface area (TPSA) is 43.8 Å². The minimum atomic E-state index is 0.264. The number of anilines is 1. The van der Waals surface area contributed by atoms with Crippen LogP contribution in [0.3, 0.4) is 0 Å². The van der Waals surface area contributed by atoms with Crippen LogP contribution in [0.5, 0.6) is 0 Å². The van der Waals surface area contributed by atoms with Crippen molar-refractivity contribution in [1.82, 2.24) is 9.55 Å². The normalized spacial score (nSPS) is 36.3. The summed E-state index contributed by atoms with van der Waals surface area (Å²) in [6.45, 7) is 2.22. The van der Waals surface area contributed by atoms with E-state index in [1.165, 1.54) is 49.6 Å². The number of aromatic nitrogens is 2. The van der Waals surface area contributed by atoms with Gasteiger partial charge in [0.1, 0.15) is 0 Å². The van der Waals surface area contributed by atoms with Crippen LogP contribution in [-0.2, 0) is 12.0 Å². The molecule has 1 heterocycles. The van der Waals surface area contributed by atoms with Crippen molar-refractivity contribution in [2.24, 2.45) is 17.8 Å². The largest absolute Gasteiger partial charge is 0.369 e. The lowest BCUT2D eigenvalue weighted by atomic mass is 9.53. The molecule has 6 rings (SSSR count). The molecule has 4 aliphatic rings. The number of hydrogen-bond acceptors (Lipinski definition) is 2. The molecule has 0 saturated heterocycles. The Balaban J connectivity index is 1.71. The minimum Gasteiger partial charge on any atom is -0.369 e. The predicted octanol–water partition coefficient (Wildman–Crippen LogP) is 4.11. The average Bonchev–Trinajstić information content (AvgIpc) is 2.81. The summed E-state index contributed by atoms with van der Waals surface area (Å²) in [6.07, 6.45) is 9.44. The Morgan fingerprint density at radius 1 is 1.14 bits per heavy atom. The van der Waals surface area contributed by atoms with Crippen LogP contribution in [0.15, 0.2) is 18.2 Å². The number of nitrogen functional groups attached to an aromatic ring is 1. The molecule has 0 unspecified atom stereocenters. The Bertz CT molecular complexity index is 707. The van der Waals surface area contributed by atoms with E-state index < -0.39 is 0 Å². The second kappa shape index (κ2) is 4.27. The number of hydrogen-bond donors (Lipinski definition) is 1. The van der Waals surface area contributed by atoms with Gasteiger partial charge in [0, 0.05) is 5.54 Å². The van der Waals surface area contributed by atoms with Crippen LogP contribution in [0.1, 0.15) is 51.0 Å². The first-order valence-electron chi connectivity index (χ1n) is 8.94. The SMILES string of the molecule is CCc1ccc2nc(N)n(C34CC5CC(CC(C5)C3)C4)c2c1. The van der Waals surface area contributed by atoms with Crippen molar-refractivity contribution in [3.8, 4) is 0 Å². The standard InChI is InChI=1S/C19H25N3/c1-2-12-3-4-16-17(8-12)22(18(20)21-16)19-9-13-5-14(10-19)7-15(6-13)11-19/h3-4,8,13-15H,2,5-7,9-11H2,1H3,(H2,20,21). The van der Waals surface area contributed by atoms with Gasteiger partial charge in [0.15, 0.2) is 0 Å². The zero-order valence-electron chi connectivity index (χ0n) is 13.4. The molecule has 4 fully saturated rings. The highest BCUT2D eigenvalue weighted by Gasteiger charge is 2.52. The summed E-state index contributed by atoms with van der Waals surface area (Å²) < 4.78 is 2.45. The van der Waals surface area contributed by atoms with E-state index in [-0.39, 0.29) is 5.54 Å². The van der Waals surface area contributed by atoms with E-state index in [2.05, 4.69) is 34.7 Å². The van der Waals surface area contributed by atoms with E-state index in [0.717, 1.165) is 35.6 Å². The molecule has 0 radical (unpaired) electrons. The van der Waals surface area contributed by atoms with Crippen molar-refractivity contribution in [1.29, 1.82) is 0 Å². The zero-order chi connectivity index (χ0) is 14.9. The van der Waals surface area contributed by atoms with Gasteiger partial charge in [-0.2, -0.15) is 0 Å². The van der Waals surface area contributed by atoms with Crippen molar-refractivity contribution >= 4 is 17.0 Å². The summed E-state index contributed by atoms with van der Waals surface area (Å²) in [6, 6.07) is 6.68. The molecule has 0 aliphatic heterocycles. The van der Waals surface area contributed by atoms with Crippen LogP contribution < -0.4 is 5.73 Å². The van der Waals surface area contributed by atoms with Gasteiger partial charge in [0.25, 0.3) is 0 Å². The van der Waals surface area contributed by atoms with Crippen LogP contribution in [0, 0.1) is 17.8 Å². The number of nitrogens with two attached hydrogens (primary N) is 1. The summed E-state index contributed by atoms with van der Waals surface area (Å²) >= 11 is 0. The van der Waals surface area contributed by atoms with Gasteiger partial charge in [-0.05, 0) is 80.4 Å². The molecule has 4 aliphatic carbocycles. The fraction of sp³-hybridized carbons (Fsp3) is 0.632. The third-order valence-corrected chi connectivity index (χ3v) is 6.63.